The van der Waals surface area contributed by atoms with E-state index >= 15 is 0 Å². The molecule has 1 fully saturated rings. The van der Waals surface area contributed by atoms with Gasteiger partial charge in [0.05, 0.1) is 11.0 Å². The van der Waals surface area contributed by atoms with Crippen LogP contribution in [-0.2, 0) is 4.74 Å². The van der Waals surface area contributed by atoms with E-state index in [1.807, 2.05) is 6.92 Å². The third kappa shape index (κ3) is 2.76. The van der Waals surface area contributed by atoms with Crippen LogP contribution < -0.4 is 5.32 Å². The summed E-state index contributed by atoms with van der Waals surface area (Å²) in [6, 6.07) is 1.88. The van der Waals surface area contributed by atoms with Gasteiger partial charge in [-0.25, -0.2) is 4.98 Å². The highest BCUT2D eigenvalue weighted by atomic mass is 16.6. The molecule has 0 aliphatic heterocycles. The molecular formula is C12H17N3O3. The van der Waals surface area contributed by atoms with E-state index in [-0.39, 0.29) is 5.69 Å². The molecule has 0 amide bonds. The Morgan fingerprint density at radius 3 is 2.89 bits per heavy atom. The van der Waals surface area contributed by atoms with Crippen molar-refractivity contribution < 1.29 is 9.66 Å². The van der Waals surface area contributed by atoms with Crippen molar-refractivity contribution in [2.45, 2.75) is 38.3 Å². The second kappa shape index (κ2) is 5.30. The molecule has 1 saturated carbocycles. The molecule has 1 aliphatic carbocycles. The number of aromatic nitrogens is 1. The number of aryl methyl sites for hydroxylation is 1. The SMILES string of the molecule is COC1CCC(Nc2ncc([N+](=O)[O-])cc2C)C1. The van der Waals surface area contributed by atoms with Gasteiger partial charge in [0.15, 0.2) is 0 Å². The van der Waals surface area contributed by atoms with Gasteiger partial charge in [-0.3, -0.25) is 10.1 Å². The number of methoxy groups -OCH3 is 1. The fourth-order valence-electron chi connectivity index (χ4n) is 2.29. The van der Waals surface area contributed by atoms with Crippen molar-refractivity contribution in [2.75, 3.05) is 12.4 Å². The molecule has 0 radical (unpaired) electrons. The number of hydrogen-bond donors (Lipinski definition) is 1. The van der Waals surface area contributed by atoms with Gasteiger partial charge in [-0.05, 0) is 31.7 Å². The van der Waals surface area contributed by atoms with E-state index in [2.05, 4.69) is 10.3 Å². The standard InChI is InChI=1S/C12H17N3O3/c1-8-5-10(15(16)17)7-13-12(8)14-9-3-4-11(6-9)18-2/h5,7,9,11H,3-4,6H2,1-2H3,(H,13,14). The first-order valence-electron chi connectivity index (χ1n) is 6.00. The van der Waals surface area contributed by atoms with Crippen LogP contribution in [0.1, 0.15) is 24.8 Å². The number of pyridine rings is 1. The van der Waals surface area contributed by atoms with Gasteiger partial charge in [-0.2, -0.15) is 0 Å². The van der Waals surface area contributed by atoms with Crippen LogP contribution in [0.4, 0.5) is 11.5 Å². The maximum Gasteiger partial charge on any atom is 0.287 e. The smallest absolute Gasteiger partial charge is 0.287 e. The molecule has 1 aromatic rings. The number of ether oxygens (including phenoxy) is 1. The van der Waals surface area contributed by atoms with Crippen LogP contribution in [0.5, 0.6) is 0 Å². The molecule has 0 saturated heterocycles. The molecule has 1 heterocycles. The average Bonchev–Trinajstić information content (AvgIpc) is 2.79. The van der Waals surface area contributed by atoms with Crippen molar-refractivity contribution in [3.8, 4) is 0 Å². The minimum atomic E-state index is -0.430. The first kappa shape index (κ1) is 12.8. The van der Waals surface area contributed by atoms with Crippen LogP contribution >= 0.6 is 0 Å². The summed E-state index contributed by atoms with van der Waals surface area (Å²) >= 11 is 0. The lowest BCUT2D eigenvalue weighted by molar-refractivity contribution is -0.385. The zero-order valence-corrected chi connectivity index (χ0v) is 10.5. The summed E-state index contributed by atoms with van der Waals surface area (Å²) in [5, 5.41) is 13.9. The molecular weight excluding hydrogens is 234 g/mol. The lowest BCUT2D eigenvalue weighted by atomic mass is 10.2. The Balaban J connectivity index is 2.04. The Labute approximate surface area is 106 Å². The molecule has 2 atom stereocenters. The summed E-state index contributed by atoms with van der Waals surface area (Å²) in [6.07, 6.45) is 4.63. The molecule has 6 nitrogen and oxygen atoms in total. The lowest BCUT2D eigenvalue weighted by Crippen LogP contribution is -2.18. The van der Waals surface area contributed by atoms with E-state index < -0.39 is 4.92 Å². The third-order valence-electron chi connectivity index (χ3n) is 3.33. The first-order valence-corrected chi connectivity index (χ1v) is 6.00. The highest BCUT2D eigenvalue weighted by Crippen LogP contribution is 2.26. The predicted octanol–water partition coefficient (Wildman–Crippen LogP) is 2.28. The second-order valence-corrected chi connectivity index (χ2v) is 4.63. The van der Waals surface area contributed by atoms with E-state index in [0.29, 0.717) is 12.1 Å². The first-order chi connectivity index (χ1) is 8.60. The van der Waals surface area contributed by atoms with Crippen molar-refractivity contribution in [2.24, 2.45) is 0 Å². The van der Waals surface area contributed by atoms with Crippen molar-refractivity contribution >= 4 is 11.5 Å². The van der Waals surface area contributed by atoms with E-state index in [1.165, 1.54) is 12.3 Å². The highest BCUT2D eigenvalue weighted by molar-refractivity contribution is 5.48. The van der Waals surface area contributed by atoms with Gasteiger partial charge in [-0.15, -0.1) is 0 Å². The summed E-state index contributed by atoms with van der Waals surface area (Å²) in [5.74, 6) is 0.724. The maximum absolute atomic E-state index is 10.6. The fraction of sp³-hybridized carbons (Fsp3) is 0.583. The molecule has 6 heteroatoms. The van der Waals surface area contributed by atoms with E-state index in [4.69, 9.17) is 4.74 Å². The number of nitrogens with one attached hydrogen (secondary N) is 1. The van der Waals surface area contributed by atoms with Gasteiger partial charge in [0.2, 0.25) is 0 Å². The molecule has 1 aliphatic rings. The van der Waals surface area contributed by atoms with E-state index in [1.54, 1.807) is 7.11 Å². The third-order valence-corrected chi connectivity index (χ3v) is 3.33. The van der Waals surface area contributed by atoms with Gasteiger partial charge >= 0.3 is 0 Å². The molecule has 0 bridgehead atoms. The number of hydrogen-bond acceptors (Lipinski definition) is 5. The van der Waals surface area contributed by atoms with Gasteiger partial charge in [0.25, 0.3) is 5.69 Å². The topological polar surface area (TPSA) is 77.3 Å². The lowest BCUT2D eigenvalue weighted by Gasteiger charge is -2.15. The Morgan fingerprint density at radius 2 is 2.33 bits per heavy atom. The maximum atomic E-state index is 10.6. The number of nitrogens with zero attached hydrogens (tertiary/aromatic N) is 2. The van der Waals surface area contributed by atoms with E-state index in [9.17, 15) is 10.1 Å². The number of rotatable bonds is 4. The molecule has 18 heavy (non-hydrogen) atoms. The predicted molar refractivity (Wildman–Crippen MR) is 67.7 cm³/mol. The minimum Gasteiger partial charge on any atom is -0.381 e. The Kier molecular flexibility index (Phi) is 3.76. The van der Waals surface area contributed by atoms with Crippen molar-refractivity contribution in [3.05, 3.63) is 27.9 Å². The largest absolute Gasteiger partial charge is 0.381 e. The number of anilines is 1. The summed E-state index contributed by atoms with van der Waals surface area (Å²) in [4.78, 5) is 14.3. The molecule has 98 valence electrons. The van der Waals surface area contributed by atoms with Gasteiger partial charge in [0, 0.05) is 19.2 Å². The average molecular weight is 251 g/mol. The second-order valence-electron chi connectivity index (χ2n) is 4.63. The van der Waals surface area contributed by atoms with Crippen LogP contribution in [0.2, 0.25) is 0 Å². The fourth-order valence-corrected chi connectivity index (χ4v) is 2.29. The molecule has 0 spiro atoms. The number of nitro groups is 1. The monoisotopic (exact) mass is 251 g/mol. The highest BCUT2D eigenvalue weighted by Gasteiger charge is 2.25. The Hall–Kier alpha value is -1.69. The summed E-state index contributed by atoms with van der Waals surface area (Å²) in [6.45, 7) is 1.82. The van der Waals surface area contributed by atoms with E-state index in [0.717, 1.165) is 30.6 Å². The summed E-state index contributed by atoms with van der Waals surface area (Å²) in [5.41, 5.74) is 0.823. The zero-order chi connectivity index (χ0) is 13.1. The van der Waals surface area contributed by atoms with Crippen molar-refractivity contribution in [1.29, 1.82) is 0 Å². The minimum absolute atomic E-state index is 0.0271. The van der Waals surface area contributed by atoms with Crippen LogP contribution in [0.15, 0.2) is 12.3 Å². The van der Waals surface area contributed by atoms with Gasteiger partial charge in [-0.1, -0.05) is 0 Å². The molecule has 2 rings (SSSR count). The Bertz CT molecular complexity index is 450. The summed E-state index contributed by atoms with van der Waals surface area (Å²) in [7, 11) is 1.72. The van der Waals surface area contributed by atoms with Crippen molar-refractivity contribution in [3.63, 3.8) is 0 Å². The van der Waals surface area contributed by atoms with Crippen molar-refractivity contribution in [1.82, 2.24) is 4.98 Å². The van der Waals surface area contributed by atoms with Crippen LogP contribution in [0, 0.1) is 17.0 Å². The van der Waals surface area contributed by atoms with Gasteiger partial charge < -0.3 is 10.1 Å². The molecule has 1 N–H and O–H groups in total. The normalized spacial score (nSPS) is 23.0. The molecule has 1 aromatic heterocycles. The quantitative estimate of drug-likeness (QED) is 0.656. The molecule has 0 aromatic carbocycles. The molecule has 2 unspecified atom stereocenters. The summed E-state index contributed by atoms with van der Waals surface area (Å²) < 4.78 is 5.31. The van der Waals surface area contributed by atoms with Crippen LogP contribution in [-0.4, -0.2) is 29.2 Å². The Morgan fingerprint density at radius 1 is 1.56 bits per heavy atom. The zero-order valence-electron chi connectivity index (χ0n) is 10.5. The van der Waals surface area contributed by atoms with Crippen LogP contribution in [0.3, 0.4) is 0 Å². The van der Waals surface area contributed by atoms with Gasteiger partial charge in [0.1, 0.15) is 12.0 Å². The van der Waals surface area contributed by atoms with Crippen LogP contribution in [0.25, 0.3) is 0 Å².